The van der Waals surface area contributed by atoms with Crippen molar-refractivity contribution in [1.29, 1.82) is 0 Å². The number of piperazine rings is 1. The molecule has 2 aliphatic rings. The molecule has 0 aliphatic carbocycles. The molecule has 0 saturated carbocycles. The Bertz CT molecular complexity index is 1400. The maximum absolute atomic E-state index is 13.0. The van der Waals surface area contributed by atoms with Crippen molar-refractivity contribution < 1.29 is 23.8 Å². The van der Waals surface area contributed by atoms with E-state index in [0.29, 0.717) is 31.3 Å². The molecule has 0 atom stereocenters. The first-order chi connectivity index (χ1) is 20.7. The van der Waals surface area contributed by atoms with E-state index in [0.717, 1.165) is 63.2 Å². The van der Waals surface area contributed by atoms with Crippen molar-refractivity contribution in [3.8, 4) is 5.75 Å². The average Bonchev–Trinajstić information content (AvgIpc) is 3.46. The molecule has 1 fully saturated rings. The first-order valence-electron chi connectivity index (χ1n) is 15.5. The summed E-state index contributed by atoms with van der Waals surface area (Å²) in [4.78, 5) is 31.7. The zero-order valence-corrected chi connectivity index (χ0v) is 26.8. The predicted octanol–water partition coefficient (Wildman–Crippen LogP) is 7.05. The second-order valence-electron chi connectivity index (χ2n) is 12.6. The minimum Gasteiger partial charge on any atom is -0.494 e. The second-order valence-corrected chi connectivity index (χ2v) is 13.6. The van der Waals surface area contributed by atoms with Crippen LogP contribution < -0.4 is 14.5 Å². The molecule has 0 radical (unpaired) electrons. The highest BCUT2D eigenvalue weighted by atomic mass is 32.1. The van der Waals surface area contributed by atoms with Crippen LogP contribution in [0.2, 0.25) is 0 Å². The quantitative estimate of drug-likeness (QED) is 0.161. The number of amides is 1. The summed E-state index contributed by atoms with van der Waals surface area (Å²) in [5, 5.41) is 3.54. The highest BCUT2D eigenvalue weighted by Gasteiger charge is 2.37. The van der Waals surface area contributed by atoms with Gasteiger partial charge < -0.3 is 19.1 Å². The van der Waals surface area contributed by atoms with Gasteiger partial charge in [0.05, 0.1) is 18.9 Å². The van der Waals surface area contributed by atoms with Crippen LogP contribution in [0.15, 0.2) is 47.8 Å². The molecule has 1 saturated heterocycles. The van der Waals surface area contributed by atoms with Crippen LogP contribution in [-0.4, -0.2) is 69.6 Å². The number of benzene rings is 2. The van der Waals surface area contributed by atoms with Gasteiger partial charge in [-0.25, -0.2) is 4.79 Å². The third kappa shape index (κ3) is 7.81. The topological polar surface area (TPSA) is 71.5 Å². The lowest BCUT2D eigenvalue weighted by molar-refractivity contribution is -0.121. The van der Waals surface area contributed by atoms with E-state index in [1.54, 1.807) is 11.3 Å². The van der Waals surface area contributed by atoms with Crippen molar-refractivity contribution >= 4 is 44.9 Å². The number of nitrogens with zero attached hydrogens (tertiary/aromatic N) is 3. The molecule has 0 N–H and O–H groups in total. The fourth-order valence-electron chi connectivity index (χ4n) is 5.87. The lowest BCUT2D eigenvalue weighted by atomic mass is 9.77. The number of hydrogen-bond donors (Lipinski definition) is 0. The molecule has 8 nitrogen and oxygen atoms in total. The fraction of sp³-hybridized carbons (Fsp3) is 0.529. The van der Waals surface area contributed by atoms with Crippen molar-refractivity contribution in [2.45, 2.75) is 58.8 Å². The van der Waals surface area contributed by atoms with E-state index in [1.165, 1.54) is 20.7 Å². The number of carbonyl (C=O) groups excluding carboxylic acids is 2. The number of rotatable bonds is 12. The highest BCUT2D eigenvalue weighted by Crippen LogP contribution is 2.42. The van der Waals surface area contributed by atoms with Gasteiger partial charge in [0.1, 0.15) is 5.75 Å². The van der Waals surface area contributed by atoms with Gasteiger partial charge in [0.15, 0.2) is 6.73 Å². The minimum absolute atomic E-state index is 0.0864. The first-order valence-corrected chi connectivity index (χ1v) is 16.4. The Morgan fingerprint density at radius 3 is 2.58 bits per heavy atom. The Morgan fingerprint density at radius 2 is 1.79 bits per heavy atom. The minimum atomic E-state index is -0.756. The highest BCUT2D eigenvalue weighted by molar-refractivity contribution is 7.17. The number of carbonyl (C=O) groups is 2. The number of fused-ring (bicyclic) bond motifs is 2. The Balaban J connectivity index is 1.08. The van der Waals surface area contributed by atoms with Gasteiger partial charge in [0, 0.05) is 59.9 Å². The molecule has 43 heavy (non-hydrogen) atoms. The number of thiophene rings is 1. The zero-order valence-electron chi connectivity index (χ0n) is 26.0. The van der Waals surface area contributed by atoms with Crippen molar-refractivity contribution in [2.24, 2.45) is 5.92 Å². The molecule has 9 heteroatoms. The van der Waals surface area contributed by atoms with Crippen LogP contribution in [0, 0.1) is 5.92 Å². The maximum Gasteiger partial charge on any atom is 0.510 e. The molecule has 232 valence electrons. The molecular weight excluding hydrogens is 562 g/mol. The molecule has 2 aromatic carbocycles. The predicted molar refractivity (Wildman–Crippen MR) is 174 cm³/mol. The largest absolute Gasteiger partial charge is 0.510 e. The zero-order chi connectivity index (χ0) is 30.4. The van der Waals surface area contributed by atoms with Crippen molar-refractivity contribution in [2.75, 3.05) is 62.5 Å². The Morgan fingerprint density at radius 1 is 0.977 bits per heavy atom. The number of hydrogen-bond acceptors (Lipinski definition) is 8. The van der Waals surface area contributed by atoms with Gasteiger partial charge in [-0.1, -0.05) is 39.8 Å². The van der Waals surface area contributed by atoms with Crippen LogP contribution in [0.1, 0.15) is 58.9 Å². The van der Waals surface area contributed by atoms with Gasteiger partial charge in [0.25, 0.3) is 0 Å². The van der Waals surface area contributed by atoms with Crippen LogP contribution in [-0.2, 0) is 19.7 Å². The summed E-state index contributed by atoms with van der Waals surface area (Å²) in [5.41, 5.74) is 2.79. The SMILES string of the molecule is CC(C)CCOC(=O)OCN1C(=O)CC(C)(C)c2ccc(OCCCCN3CCN(c4cccc5sccc45)CC3)cc21. The summed E-state index contributed by atoms with van der Waals surface area (Å²) >= 11 is 1.80. The van der Waals surface area contributed by atoms with E-state index in [9.17, 15) is 9.59 Å². The van der Waals surface area contributed by atoms with Crippen molar-refractivity contribution in [3.63, 3.8) is 0 Å². The molecule has 3 aromatic rings. The van der Waals surface area contributed by atoms with E-state index >= 15 is 0 Å². The van der Waals surface area contributed by atoms with Gasteiger partial charge in [-0.05, 0) is 66.9 Å². The molecule has 0 unspecified atom stereocenters. The molecular formula is C34H45N3O5S. The van der Waals surface area contributed by atoms with Gasteiger partial charge >= 0.3 is 6.16 Å². The van der Waals surface area contributed by atoms with Crippen LogP contribution in [0.5, 0.6) is 5.75 Å². The summed E-state index contributed by atoms with van der Waals surface area (Å²) in [7, 11) is 0. The smallest absolute Gasteiger partial charge is 0.494 e. The lowest BCUT2D eigenvalue weighted by Gasteiger charge is -2.38. The summed E-state index contributed by atoms with van der Waals surface area (Å²) in [6.45, 7) is 14.3. The van der Waals surface area contributed by atoms with Crippen LogP contribution >= 0.6 is 11.3 Å². The molecule has 5 rings (SSSR count). The molecule has 2 aliphatic heterocycles. The Hall–Kier alpha value is -3.30. The van der Waals surface area contributed by atoms with E-state index in [4.69, 9.17) is 14.2 Å². The van der Waals surface area contributed by atoms with E-state index < -0.39 is 6.16 Å². The van der Waals surface area contributed by atoms with Crippen LogP contribution in [0.4, 0.5) is 16.2 Å². The number of anilines is 2. The van der Waals surface area contributed by atoms with Gasteiger partial charge in [-0.3, -0.25) is 14.6 Å². The van der Waals surface area contributed by atoms with E-state index in [2.05, 4.69) is 67.1 Å². The second kappa shape index (κ2) is 14.0. The van der Waals surface area contributed by atoms with E-state index in [-0.39, 0.29) is 18.1 Å². The summed E-state index contributed by atoms with van der Waals surface area (Å²) in [6, 6.07) is 14.7. The standard InChI is InChI=1S/C34H45N3O5S/c1-25(2)12-20-41-33(39)42-24-37-30-22-26(10-11-28(30)34(3,4)23-32(37)38)40-19-6-5-14-35-15-17-36(18-16-35)29-8-7-9-31-27(29)13-21-43-31/h7-11,13,21-22,25H,5-6,12,14-20,23-24H2,1-4H3. The number of ether oxygens (including phenoxy) is 3. The number of unbranched alkanes of at least 4 members (excludes halogenated alkanes) is 1. The van der Waals surface area contributed by atoms with Gasteiger partial charge in [-0.2, -0.15) is 0 Å². The van der Waals surface area contributed by atoms with Crippen LogP contribution in [0.3, 0.4) is 0 Å². The molecule has 3 heterocycles. The Labute approximate surface area is 259 Å². The first kappa shape index (κ1) is 31.1. The third-order valence-corrected chi connectivity index (χ3v) is 9.32. The van der Waals surface area contributed by atoms with E-state index in [1.807, 2.05) is 18.2 Å². The van der Waals surface area contributed by atoms with Crippen molar-refractivity contribution in [3.05, 3.63) is 53.4 Å². The molecule has 0 bridgehead atoms. The monoisotopic (exact) mass is 607 g/mol. The molecule has 0 spiro atoms. The van der Waals surface area contributed by atoms with Crippen molar-refractivity contribution in [1.82, 2.24) is 4.90 Å². The Kier molecular flexibility index (Phi) is 10.1. The summed E-state index contributed by atoms with van der Waals surface area (Å²) < 4.78 is 18.0. The van der Waals surface area contributed by atoms with Crippen LogP contribution in [0.25, 0.3) is 10.1 Å². The molecule has 1 amide bonds. The summed E-state index contributed by atoms with van der Waals surface area (Å²) in [5.74, 6) is 1.05. The van der Waals surface area contributed by atoms with Gasteiger partial charge in [-0.15, -0.1) is 11.3 Å². The normalized spacial score (nSPS) is 16.9. The fourth-order valence-corrected chi connectivity index (χ4v) is 6.68. The van der Waals surface area contributed by atoms with Gasteiger partial charge in [0.2, 0.25) is 5.91 Å². The summed E-state index contributed by atoms with van der Waals surface area (Å²) in [6.07, 6.45) is 2.36. The maximum atomic E-state index is 13.0. The average molecular weight is 608 g/mol. The lowest BCUT2D eigenvalue weighted by Crippen LogP contribution is -2.46. The molecule has 1 aromatic heterocycles. The third-order valence-electron chi connectivity index (χ3n) is 8.43.